The normalized spacial score (nSPS) is 11.3. The molecule has 0 aromatic carbocycles. The molecule has 18 heavy (non-hydrogen) atoms. The first-order valence-electron chi connectivity index (χ1n) is 5.29. The predicted octanol–water partition coefficient (Wildman–Crippen LogP) is -1.42. The fourth-order valence-electron chi connectivity index (χ4n) is 1.20. The molecule has 0 aliphatic rings. The fraction of sp³-hybridized carbons (Fsp3) is 0.500. The molecule has 100 valence electrons. The van der Waals surface area contributed by atoms with E-state index in [-0.39, 0.29) is 18.1 Å². The Balaban J connectivity index is 3.08. The summed E-state index contributed by atoms with van der Waals surface area (Å²) in [4.78, 5) is 36.1. The van der Waals surface area contributed by atoms with Crippen LogP contribution in [0.15, 0.2) is 9.59 Å². The van der Waals surface area contributed by atoms with Gasteiger partial charge in [0.05, 0.1) is 5.41 Å². The van der Waals surface area contributed by atoms with E-state index in [1.54, 1.807) is 13.8 Å². The van der Waals surface area contributed by atoms with Gasteiger partial charge in [-0.25, -0.2) is 4.79 Å². The first-order chi connectivity index (χ1) is 8.16. The van der Waals surface area contributed by atoms with Crippen LogP contribution in [0.4, 0.5) is 11.5 Å². The summed E-state index contributed by atoms with van der Waals surface area (Å²) in [6.45, 7) is 3.40. The number of nitrogens with one attached hydrogen (secondary N) is 2. The molecule has 0 aliphatic carbocycles. The second kappa shape index (κ2) is 4.55. The van der Waals surface area contributed by atoms with Crippen LogP contribution in [0, 0.1) is 5.41 Å². The van der Waals surface area contributed by atoms with Gasteiger partial charge in [0.2, 0.25) is 5.91 Å². The molecule has 1 aromatic rings. The van der Waals surface area contributed by atoms with Gasteiger partial charge in [-0.2, -0.15) is 0 Å². The molecule has 0 fully saturated rings. The van der Waals surface area contributed by atoms with E-state index in [1.165, 1.54) is 7.05 Å². The molecular weight excluding hydrogens is 238 g/mol. The summed E-state index contributed by atoms with van der Waals surface area (Å²) < 4.78 is 1.10. The summed E-state index contributed by atoms with van der Waals surface area (Å²) >= 11 is 0. The number of nitrogen functional groups attached to an aromatic ring is 1. The Hall–Kier alpha value is -2.25. The van der Waals surface area contributed by atoms with Gasteiger partial charge in [0.15, 0.2) is 0 Å². The van der Waals surface area contributed by atoms with Gasteiger partial charge in [0.25, 0.3) is 5.56 Å². The number of amides is 1. The van der Waals surface area contributed by atoms with Crippen LogP contribution in [0.3, 0.4) is 0 Å². The number of primary amides is 1. The Kier molecular flexibility index (Phi) is 3.49. The maximum absolute atomic E-state index is 11.6. The van der Waals surface area contributed by atoms with Crippen LogP contribution in [0.5, 0.6) is 0 Å². The van der Waals surface area contributed by atoms with Crippen LogP contribution < -0.4 is 28.0 Å². The molecule has 1 rings (SSSR count). The van der Waals surface area contributed by atoms with Crippen LogP contribution in [0.2, 0.25) is 0 Å². The summed E-state index contributed by atoms with van der Waals surface area (Å²) in [6.07, 6.45) is 0. The number of aromatic nitrogens is 2. The van der Waals surface area contributed by atoms with Crippen LogP contribution in [-0.4, -0.2) is 22.0 Å². The highest BCUT2D eigenvalue weighted by molar-refractivity contribution is 5.80. The van der Waals surface area contributed by atoms with Crippen molar-refractivity contribution in [1.29, 1.82) is 0 Å². The van der Waals surface area contributed by atoms with Crippen molar-refractivity contribution in [3.63, 3.8) is 0 Å². The highest BCUT2D eigenvalue weighted by Crippen LogP contribution is 2.16. The summed E-state index contributed by atoms with van der Waals surface area (Å²) in [6, 6.07) is 0. The third-order valence-corrected chi connectivity index (χ3v) is 2.74. The van der Waals surface area contributed by atoms with Crippen LogP contribution >= 0.6 is 0 Å². The van der Waals surface area contributed by atoms with E-state index < -0.39 is 22.6 Å². The maximum atomic E-state index is 11.6. The molecule has 0 radical (unpaired) electrons. The van der Waals surface area contributed by atoms with E-state index in [1.807, 2.05) is 0 Å². The van der Waals surface area contributed by atoms with Gasteiger partial charge < -0.3 is 16.8 Å². The minimum absolute atomic E-state index is 0.00372. The lowest BCUT2D eigenvalue weighted by Crippen LogP contribution is -2.39. The van der Waals surface area contributed by atoms with Gasteiger partial charge in [-0.15, -0.1) is 0 Å². The Morgan fingerprint density at radius 2 is 2.00 bits per heavy atom. The molecule has 0 saturated carbocycles. The number of rotatable bonds is 4. The standard InChI is InChI=1S/C10H17N5O3/c1-10(2,8(12)17)4-13-5-6(11)15(3)9(18)14-7(5)16/h13H,4,11H2,1-3H3,(H2,12,17)(H,14,16,18). The number of H-pyrrole nitrogens is 1. The molecular formula is C10H17N5O3. The van der Waals surface area contributed by atoms with Gasteiger partial charge in [-0.1, -0.05) is 0 Å². The maximum Gasteiger partial charge on any atom is 0.329 e. The summed E-state index contributed by atoms with van der Waals surface area (Å²) in [7, 11) is 1.43. The molecule has 1 aromatic heterocycles. The number of anilines is 2. The van der Waals surface area contributed by atoms with Crippen molar-refractivity contribution in [2.45, 2.75) is 13.8 Å². The monoisotopic (exact) mass is 255 g/mol. The zero-order valence-electron chi connectivity index (χ0n) is 10.5. The van der Waals surface area contributed by atoms with Crippen molar-refractivity contribution in [2.75, 3.05) is 17.6 Å². The summed E-state index contributed by atoms with van der Waals surface area (Å²) in [5, 5.41) is 2.74. The number of nitrogens with zero attached hydrogens (tertiary/aromatic N) is 1. The molecule has 8 heteroatoms. The second-order valence-electron chi connectivity index (χ2n) is 4.68. The minimum Gasteiger partial charge on any atom is -0.383 e. The molecule has 1 heterocycles. The number of hydrogen-bond acceptors (Lipinski definition) is 5. The highest BCUT2D eigenvalue weighted by Gasteiger charge is 2.25. The van der Waals surface area contributed by atoms with Crippen LogP contribution in [0.1, 0.15) is 13.8 Å². The molecule has 0 aliphatic heterocycles. The molecule has 0 spiro atoms. The van der Waals surface area contributed by atoms with Crippen molar-refractivity contribution >= 4 is 17.4 Å². The predicted molar refractivity (Wildman–Crippen MR) is 68.2 cm³/mol. The van der Waals surface area contributed by atoms with Gasteiger partial charge in [0, 0.05) is 13.6 Å². The molecule has 0 saturated heterocycles. The Morgan fingerprint density at radius 3 is 2.50 bits per heavy atom. The van der Waals surface area contributed by atoms with Gasteiger partial charge in [0.1, 0.15) is 11.5 Å². The van der Waals surface area contributed by atoms with Crippen molar-refractivity contribution < 1.29 is 4.79 Å². The van der Waals surface area contributed by atoms with Crippen molar-refractivity contribution in [2.24, 2.45) is 18.2 Å². The number of nitrogens with two attached hydrogens (primary N) is 2. The van der Waals surface area contributed by atoms with Gasteiger partial charge in [-0.3, -0.25) is 19.1 Å². The molecule has 0 atom stereocenters. The van der Waals surface area contributed by atoms with E-state index in [9.17, 15) is 14.4 Å². The van der Waals surface area contributed by atoms with Crippen molar-refractivity contribution in [1.82, 2.24) is 9.55 Å². The number of carbonyl (C=O) groups is 1. The molecule has 6 N–H and O–H groups in total. The van der Waals surface area contributed by atoms with Gasteiger partial charge in [-0.05, 0) is 13.8 Å². The highest BCUT2D eigenvalue weighted by atomic mass is 16.2. The van der Waals surface area contributed by atoms with E-state index >= 15 is 0 Å². The molecule has 0 bridgehead atoms. The number of aromatic amines is 1. The van der Waals surface area contributed by atoms with Crippen molar-refractivity contribution in [3.05, 3.63) is 20.8 Å². The van der Waals surface area contributed by atoms with E-state index in [0.717, 1.165) is 4.57 Å². The van der Waals surface area contributed by atoms with Gasteiger partial charge >= 0.3 is 5.69 Å². The summed E-state index contributed by atoms with van der Waals surface area (Å²) in [5.74, 6) is -0.501. The van der Waals surface area contributed by atoms with Crippen LogP contribution in [-0.2, 0) is 11.8 Å². The zero-order valence-corrected chi connectivity index (χ0v) is 10.5. The second-order valence-corrected chi connectivity index (χ2v) is 4.68. The average Bonchev–Trinajstić information content (AvgIpc) is 2.25. The number of carbonyl (C=O) groups excluding carboxylic acids is 1. The Labute approximate surface area is 103 Å². The number of hydrogen-bond donors (Lipinski definition) is 4. The zero-order chi connectivity index (χ0) is 14.1. The lowest BCUT2D eigenvalue weighted by atomic mass is 9.93. The van der Waals surface area contributed by atoms with E-state index in [2.05, 4.69) is 10.3 Å². The molecule has 1 amide bonds. The first kappa shape index (κ1) is 13.8. The van der Waals surface area contributed by atoms with Crippen molar-refractivity contribution in [3.8, 4) is 0 Å². The third-order valence-electron chi connectivity index (χ3n) is 2.74. The quantitative estimate of drug-likeness (QED) is 0.523. The topological polar surface area (TPSA) is 136 Å². The lowest BCUT2D eigenvalue weighted by Gasteiger charge is -2.21. The Morgan fingerprint density at radius 1 is 1.44 bits per heavy atom. The first-order valence-corrected chi connectivity index (χ1v) is 5.29. The largest absolute Gasteiger partial charge is 0.383 e. The molecule has 8 nitrogen and oxygen atoms in total. The van der Waals surface area contributed by atoms with E-state index in [0.29, 0.717) is 0 Å². The summed E-state index contributed by atoms with van der Waals surface area (Å²) in [5.41, 5.74) is 8.85. The minimum atomic E-state index is -0.840. The third kappa shape index (κ3) is 2.53. The average molecular weight is 255 g/mol. The fourth-order valence-corrected chi connectivity index (χ4v) is 1.20. The SMILES string of the molecule is Cn1c(N)c(NCC(C)(C)C(N)=O)c(=O)[nH]c1=O. The molecule has 0 unspecified atom stereocenters. The smallest absolute Gasteiger partial charge is 0.329 e. The van der Waals surface area contributed by atoms with E-state index in [4.69, 9.17) is 11.5 Å². The Bertz CT molecular complexity index is 584. The van der Waals surface area contributed by atoms with Crippen LogP contribution in [0.25, 0.3) is 0 Å². The lowest BCUT2D eigenvalue weighted by molar-refractivity contribution is -0.125.